The first-order valence-electron chi connectivity index (χ1n) is 4.44. The molecule has 2 aromatic rings. The fraction of sp³-hybridized carbons (Fsp3) is 0. The highest BCUT2D eigenvalue weighted by molar-refractivity contribution is 8.11. The summed E-state index contributed by atoms with van der Waals surface area (Å²) in [5, 5.41) is 9.96. The Bertz CT molecular complexity index is 586. The van der Waals surface area contributed by atoms with Crippen LogP contribution in [0.2, 0.25) is 0 Å². The highest BCUT2D eigenvalue weighted by Gasteiger charge is 2.13. The van der Waals surface area contributed by atoms with Crippen LogP contribution >= 0.6 is 37.1 Å². The van der Waals surface area contributed by atoms with Crippen molar-refractivity contribution >= 4 is 41.3 Å². The van der Waals surface area contributed by atoms with Crippen LogP contribution in [0.1, 0.15) is 5.69 Å². The third-order valence-electron chi connectivity index (χ3n) is 2.10. The van der Waals surface area contributed by atoms with Crippen LogP contribution in [-0.2, 0) is 0 Å². The second-order valence-corrected chi connectivity index (χ2v) is 4.65. The summed E-state index contributed by atoms with van der Waals surface area (Å²) in [5.74, 6) is -0.0174. The number of para-hydroxylation sites is 1. The molecule has 0 spiro atoms. The lowest BCUT2D eigenvalue weighted by Crippen LogP contribution is -1.93. The summed E-state index contributed by atoms with van der Waals surface area (Å²) in [5.41, 5.74) is 1.14. The van der Waals surface area contributed by atoms with Gasteiger partial charge in [-0.25, -0.2) is 0 Å². The molecule has 2 rings (SSSR count). The zero-order valence-electron chi connectivity index (χ0n) is 8.04. The first-order chi connectivity index (χ1) is 7.61. The number of H-pyrrole nitrogens is 1. The van der Waals surface area contributed by atoms with Crippen LogP contribution in [0.4, 0.5) is 0 Å². The Morgan fingerprint density at radius 1 is 1.31 bits per heavy atom. The number of aromatic amines is 1. The summed E-state index contributed by atoms with van der Waals surface area (Å²) in [6.07, 6.45) is 0. The van der Waals surface area contributed by atoms with Crippen molar-refractivity contribution in [2.75, 3.05) is 0 Å². The Labute approximate surface area is 108 Å². The average Bonchev–Trinajstić information content (AvgIpc) is 2.56. The normalized spacial score (nSPS) is 10.3. The molecule has 0 radical (unpaired) electrons. The maximum Gasteiger partial charge on any atom is 0.224 e. The van der Waals surface area contributed by atoms with Crippen molar-refractivity contribution in [1.29, 1.82) is 0 Å². The van der Waals surface area contributed by atoms with E-state index in [1.807, 2.05) is 30.3 Å². The van der Waals surface area contributed by atoms with E-state index in [9.17, 15) is 5.11 Å². The molecule has 0 aliphatic rings. The molecule has 0 unspecified atom stereocenters. The van der Waals surface area contributed by atoms with Crippen LogP contribution in [0.25, 0.3) is 5.69 Å². The highest BCUT2D eigenvalue weighted by atomic mass is 32.1. The molecule has 1 heterocycles. The Balaban J connectivity index is 2.68. The number of hydrogen-bond donors (Lipinski definition) is 3. The molecule has 6 heteroatoms. The van der Waals surface area contributed by atoms with Crippen molar-refractivity contribution in [1.82, 2.24) is 9.55 Å². The Morgan fingerprint density at radius 2 is 1.94 bits per heavy atom. The Hall–Kier alpha value is -1.11. The first kappa shape index (κ1) is 11.4. The lowest BCUT2D eigenvalue weighted by atomic mass is 10.3. The smallest absolute Gasteiger partial charge is 0.224 e. The highest BCUT2D eigenvalue weighted by Crippen LogP contribution is 2.23. The van der Waals surface area contributed by atoms with Crippen LogP contribution < -0.4 is 0 Å². The van der Waals surface area contributed by atoms with E-state index in [0.717, 1.165) is 5.69 Å². The fourth-order valence-corrected chi connectivity index (χ4v) is 1.98. The summed E-state index contributed by atoms with van der Waals surface area (Å²) >= 11 is 14.0. The quantitative estimate of drug-likeness (QED) is 0.579. The van der Waals surface area contributed by atoms with E-state index in [2.05, 4.69) is 17.6 Å². The number of aromatic hydroxyl groups is 1. The number of imidazole rings is 1. The van der Waals surface area contributed by atoms with Gasteiger partial charge in [0.15, 0.2) is 4.77 Å². The van der Waals surface area contributed by atoms with Gasteiger partial charge in [-0.2, -0.15) is 0 Å². The van der Waals surface area contributed by atoms with Gasteiger partial charge in [0.1, 0.15) is 5.69 Å². The van der Waals surface area contributed by atoms with Gasteiger partial charge in [0, 0.05) is 0 Å². The van der Waals surface area contributed by atoms with Crippen LogP contribution in [-0.4, -0.2) is 18.9 Å². The zero-order valence-corrected chi connectivity index (χ0v) is 10.6. The first-order valence-corrected chi connectivity index (χ1v) is 5.70. The number of nitrogens with one attached hydrogen (secondary N) is 1. The summed E-state index contributed by atoms with van der Waals surface area (Å²) in [6, 6.07) is 9.30. The van der Waals surface area contributed by atoms with Crippen molar-refractivity contribution in [2.24, 2.45) is 0 Å². The lowest BCUT2D eigenvalue weighted by molar-refractivity contribution is 0.441. The van der Waals surface area contributed by atoms with Crippen LogP contribution in [0.5, 0.6) is 5.88 Å². The number of nitrogens with zero attached hydrogens (tertiary/aromatic N) is 1. The predicted molar refractivity (Wildman–Crippen MR) is 73.3 cm³/mol. The SMILES string of the molecule is Oc1c(C(=S)S)[nH]c(=S)n1-c1ccccc1. The second kappa shape index (κ2) is 4.40. The number of aromatic nitrogens is 2. The summed E-state index contributed by atoms with van der Waals surface area (Å²) in [7, 11) is 0. The molecule has 1 aromatic carbocycles. The maximum atomic E-state index is 9.96. The summed E-state index contributed by atoms with van der Waals surface area (Å²) in [4.78, 5) is 2.82. The zero-order chi connectivity index (χ0) is 11.7. The molecule has 16 heavy (non-hydrogen) atoms. The van der Waals surface area contributed by atoms with Crippen molar-refractivity contribution in [2.45, 2.75) is 0 Å². The maximum absolute atomic E-state index is 9.96. The molecule has 0 saturated carbocycles. The molecule has 0 atom stereocenters. The molecule has 1 aromatic heterocycles. The van der Waals surface area contributed by atoms with Crippen LogP contribution in [0.3, 0.4) is 0 Å². The molecule has 0 fully saturated rings. The standard InChI is InChI=1S/C10H8N2OS3/c13-8-7(9(14)15)11-10(16)12(8)6-4-2-1-3-5-6/h1-5,13H,(H,11,16)(H,14,15). The molecule has 2 N–H and O–H groups in total. The van der Waals surface area contributed by atoms with Crippen LogP contribution in [0, 0.1) is 4.77 Å². The van der Waals surface area contributed by atoms with Gasteiger partial charge in [-0.1, -0.05) is 30.4 Å². The number of thiocarbonyl (C=S) groups is 1. The van der Waals surface area contributed by atoms with Crippen molar-refractivity contribution in [3.63, 3.8) is 0 Å². The minimum Gasteiger partial charge on any atom is -0.493 e. The molecular weight excluding hydrogens is 260 g/mol. The molecule has 0 aliphatic heterocycles. The minimum atomic E-state index is -0.0174. The number of thiol groups is 1. The monoisotopic (exact) mass is 268 g/mol. The molecule has 82 valence electrons. The van der Waals surface area contributed by atoms with E-state index in [4.69, 9.17) is 24.4 Å². The van der Waals surface area contributed by atoms with Gasteiger partial charge in [0.05, 0.1) is 9.88 Å². The van der Waals surface area contributed by atoms with E-state index in [1.54, 1.807) is 0 Å². The summed E-state index contributed by atoms with van der Waals surface area (Å²) < 4.78 is 2.17. The van der Waals surface area contributed by atoms with E-state index in [1.165, 1.54) is 4.57 Å². The second-order valence-electron chi connectivity index (χ2n) is 3.10. The molecule has 0 amide bonds. The van der Waals surface area contributed by atoms with Gasteiger partial charge in [0.2, 0.25) is 5.88 Å². The third-order valence-corrected chi connectivity index (χ3v) is 2.81. The molecule has 3 nitrogen and oxygen atoms in total. The van der Waals surface area contributed by atoms with Gasteiger partial charge in [0.25, 0.3) is 0 Å². The minimum absolute atomic E-state index is 0.0174. The lowest BCUT2D eigenvalue weighted by Gasteiger charge is -2.03. The largest absolute Gasteiger partial charge is 0.493 e. The van der Waals surface area contributed by atoms with Gasteiger partial charge in [-0.05, 0) is 24.4 Å². The van der Waals surface area contributed by atoms with E-state index < -0.39 is 0 Å². The predicted octanol–water partition coefficient (Wildman–Crippen LogP) is 2.85. The van der Waals surface area contributed by atoms with Gasteiger partial charge in [-0.15, -0.1) is 12.6 Å². The number of rotatable bonds is 2. The number of hydrogen-bond acceptors (Lipinski definition) is 3. The fourth-order valence-electron chi connectivity index (χ4n) is 1.39. The van der Waals surface area contributed by atoms with Gasteiger partial charge in [-0.3, -0.25) is 4.57 Å². The average molecular weight is 268 g/mol. The third kappa shape index (κ3) is 1.91. The Morgan fingerprint density at radius 3 is 2.44 bits per heavy atom. The van der Waals surface area contributed by atoms with Gasteiger partial charge >= 0.3 is 0 Å². The van der Waals surface area contributed by atoms with E-state index in [0.29, 0.717) is 10.5 Å². The van der Waals surface area contributed by atoms with Crippen molar-refractivity contribution in [3.8, 4) is 11.6 Å². The molecule has 0 bridgehead atoms. The van der Waals surface area contributed by atoms with Crippen LogP contribution in [0.15, 0.2) is 30.3 Å². The number of benzene rings is 1. The van der Waals surface area contributed by atoms with Gasteiger partial charge < -0.3 is 10.1 Å². The summed E-state index contributed by atoms with van der Waals surface area (Å²) in [6.45, 7) is 0. The Kier molecular flexibility index (Phi) is 3.13. The molecular formula is C10H8N2OS3. The van der Waals surface area contributed by atoms with E-state index >= 15 is 0 Å². The molecule has 0 aliphatic carbocycles. The topological polar surface area (TPSA) is 40.9 Å². The van der Waals surface area contributed by atoms with E-state index in [-0.39, 0.29) is 10.1 Å². The van der Waals surface area contributed by atoms with Crippen molar-refractivity contribution < 1.29 is 5.11 Å². The molecule has 0 saturated heterocycles. The van der Waals surface area contributed by atoms with Crippen molar-refractivity contribution in [3.05, 3.63) is 40.8 Å².